The largest absolute Gasteiger partial charge is 0.416 e. The van der Waals surface area contributed by atoms with Crippen LogP contribution < -0.4 is 5.73 Å². The van der Waals surface area contributed by atoms with Gasteiger partial charge in [0.2, 0.25) is 11.7 Å². The van der Waals surface area contributed by atoms with Crippen LogP contribution in [0.1, 0.15) is 87.8 Å². The summed E-state index contributed by atoms with van der Waals surface area (Å²) in [5, 5.41) is 11.6. The molecule has 6 nitrogen and oxygen atoms in total. The second-order valence-electron chi connectivity index (χ2n) is 8.43. The van der Waals surface area contributed by atoms with Gasteiger partial charge in [-0.2, -0.15) is 18.2 Å². The van der Waals surface area contributed by atoms with Crippen molar-refractivity contribution in [3.63, 3.8) is 0 Å². The summed E-state index contributed by atoms with van der Waals surface area (Å²) in [5.74, 6) is 0.304. The highest BCUT2D eigenvalue weighted by Crippen LogP contribution is 2.36. The van der Waals surface area contributed by atoms with Crippen LogP contribution in [0, 0.1) is 5.41 Å². The third-order valence-corrected chi connectivity index (χ3v) is 6.01. The van der Waals surface area contributed by atoms with Crippen LogP contribution in [-0.2, 0) is 12.6 Å². The molecule has 1 aliphatic rings. The van der Waals surface area contributed by atoms with Crippen LogP contribution in [0.5, 0.6) is 0 Å². The minimum Gasteiger partial charge on any atom is -0.370 e. The molecule has 1 fully saturated rings. The number of aryl methyl sites for hydroxylation is 1. The molecule has 1 aromatic heterocycles. The van der Waals surface area contributed by atoms with Gasteiger partial charge in [-0.15, -0.1) is 0 Å². The molecule has 32 heavy (non-hydrogen) atoms. The lowest BCUT2D eigenvalue weighted by molar-refractivity contribution is -0.138. The number of likely N-dealkylation sites (tertiary alicyclic amines) is 1. The molecule has 0 unspecified atom stereocenters. The molecule has 1 aromatic carbocycles. The highest BCUT2D eigenvalue weighted by molar-refractivity contribution is 5.75. The number of hydrogen-bond donors (Lipinski definition) is 2. The number of halogens is 3. The third-order valence-electron chi connectivity index (χ3n) is 6.01. The molecule has 0 radical (unpaired) electrons. The Balaban J connectivity index is 1.71. The Kier molecular flexibility index (Phi) is 8.15. The molecule has 3 N–H and O–H groups in total. The number of alkyl halides is 3. The summed E-state index contributed by atoms with van der Waals surface area (Å²) in [6, 6.07) is 3.95. The van der Waals surface area contributed by atoms with E-state index in [0.717, 1.165) is 38.2 Å². The van der Waals surface area contributed by atoms with Gasteiger partial charge in [0, 0.05) is 12.1 Å². The van der Waals surface area contributed by atoms with E-state index < -0.39 is 11.7 Å². The maximum atomic E-state index is 13.7. The van der Waals surface area contributed by atoms with Crippen molar-refractivity contribution in [1.29, 1.82) is 5.41 Å². The van der Waals surface area contributed by atoms with Crippen LogP contribution >= 0.6 is 0 Å². The lowest BCUT2D eigenvalue weighted by Crippen LogP contribution is -2.35. The molecule has 2 aromatic rings. The van der Waals surface area contributed by atoms with Crippen LogP contribution in [0.2, 0.25) is 0 Å². The Labute approximate surface area is 186 Å². The average Bonchev–Trinajstić information content (AvgIpc) is 3.42. The summed E-state index contributed by atoms with van der Waals surface area (Å²) in [6.45, 7) is 2.77. The van der Waals surface area contributed by atoms with Crippen molar-refractivity contribution in [2.75, 3.05) is 6.54 Å². The first-order chi connectivity index (χ1) is 15.3. The zero-order valence-electron chi connectivity index (χ0n) is 18.5. The van der Waals surface area contributed by atoms with Crippen LogP contribution in [0.25, 0.3) is 11.4 Å². The molecule has 0 bridgehead atoms. The number of nitrogens with two attached hydrogens (primary N) is 1. The minimum absolute atomic E-state index is 0.0821. The molecule has 0 aliphatic carbocycles. The summed E-state index contributed by atoms with van der Waals surface area (Å²) in [7, 11) is 0. The number of guanidine groups is 1. The van der Waals surface area contributed by atoms with E-state index in [1.807, 2.05) is 0 Å². The number of unbranched alkanes of at least 4 members (excludes halogenated alkanes) is 6. The van der Waals surface area contributed by atoms with Gasteiger partial charge in [-0.25, -0.2) is 0 Å². The Hall–Kier alpha value is -2.58. The highest BCUT2D eigenvalue weighted by atomic mass is 19.4. The summed E-state index contributed by atoms with van der Waals surface area (Å²) in [5.41, 5.74) is 5.53. The number of aromatic nitrogens is 2. The maximum Gasteiger partial charge on any atom is 0.416 e. The molecule has 1 atom stereocenters. The minimum atomic E-state index is -4.45. The van der Waals surface area contributed by atoms with Crippen LogP contribution in [0.15, 0.2) is 22.7 Å². The van der Waals surface area contributed by atoms with Crippen LogP contribution in [-0.4, -0.2) is 27.5 Å². The Morgan fingerprint density at radius 3 is 2.59 bits per heavy atom. The molecule has 0 saturated carbocycles. The lowest BCUT2D eigenvalue weighted by Gasteiger charge is -2.21. The van der Waals surface area contributed by atoms with Crippen molar-refractivity contribution in [1.82, 2.24) is 15.0 Å². The van der Waals surface area contributed by atoms with Crippen molar-refractivity contribution in [3.8, 4) is 11.4 Å². The van der Waals surface area contributed by atoms with E-state index in [2.05, 4.69) is 17.1 Å². The predicted molar refractivity (Wildman–Crippen MR) is 117 cm³/mol. The molecule has 2 heterocycles. The number of nitrogens with zero attached hydrogens (tertiary/aromatic N) is 3. The Bertz CT molecular complexity index is 896. The summed E-state index contributed by atoms with van der Waals surface area (Å²) in [6.07, 6.45) is 4.94. The van der Waals surface area contributed by atoms with Gasteiger partial charge >= 0.3 is 6.18 Å². The number of nitrogens with one attached hydrogen (secondary N) is 1. The normalized spacial score (nSPS) is 16.6. The van der Waals surface area contributed by atoms with Gasteiger partial charge in [-0.3, -0.25) is 5.41 Å². The maximum absolute atomic E-state index is 13.7. The van der Waals surface area contributed by atoms with Crippen molar-refractivity contribution in [2.45, 2.75) is 83.4 Å². The molecule has 0 amide bonds. The number of rotatable bonds is 10. The topological polar surface area (TPSA) is 92.0 Å². The van der Waals surface area contributed by atoms with E-state index in [1.165, 1.54) is 25.3 Å². The first kappa shape index (κ1) is 24.1. The van der Waals surface area contributed by atoms with Gasteiger partial charge in [0.15, 0.2) is 5.96 Å². The van der Waals surface area contributed by atoms with Crippen molar-refractivity contribution in [2.24, 2.45) is 5.73 Å². The number of benzene rings is 1. The highest BCUT2D eigenvalue weighted by Gasteiger charge is 2.35. The van der Waals surface area contributed by atoms with Gasteiger partial charge in [-0.05, 0) is 37.3 Å². The molecule has 9 heteroatoms. The van der Waals surface area contributed by atoms with Crippen LogP contribution in [0.4, 0.5) is 13.2 Å². The quantitative estimate of drug-likeness (QED) is 0.259. The zero-order chi connectivity index (χ0) is 23.1. The fourth-order valence-corrected chi connectivity index (χ4v) is 4.27. The van der Waals surface area contributed by atoms with E-state index in [-0.39, 0.29) is 29.3 Å². The Morgan fingerprint density at radius 2 is 1.91 bits per heavy atom. The van der Waals surface area contributed by atoms with Crippen molar-refractivity contribution in [3.05, 3.63) is 35.2 Å². The molecule has 176 valence electrons. The van der Waals surface area contributed by atoms with E-state index in [1.54, 1.807) is 11.0 Å². The number of hydrogen-bond acceptors (Lipinski definition) is 4. The molecular formula is C23H32F3N5O. The first-order valence-electron chi connectivity index (χ1n) is 11.5. The second-order valence-corrected chi connectivity index (χ2v) is 8.43. The van der Waals surface area contributed by atoms with E-state index >= 15 is 0 Å². The van der Waals surface area contributed by atoms with Gasteiger partial charge in [-0.1, -0.05) is 62.7 Å². The summed E-state index contributed by atoms with van der Waals surface area (Å²) in [4.78, 5) is 5.98. The SMILES string of the molecule is CCCCCCCCCc1ccc(-c2noc([C@@H]3CCCN3C(=N)N)n2)cc1C(F)(F)F. The monoisotopic (exact) mass is 451 g/mol. The second kappa shape index (κ2) is 10.8. The van der Waals surface area contributed by atoms with Crippen LogP contribution in [0.3, 0.4) is 0 Å². The molecule has 0 spiro atoms. The van der Waals surface area contributed by atoms with Crippen molar-refractivity contribution >= 4 is 5.96 Å². The Morgan fingerprint density at radius 1 is 1.19 bits per heavy atom. The van der Waals surface area contributed by atoms with Gasteiger partial charge in [0.1, 0.15) is 6.04 Å². The summed E-state index contributed by atoms with van der Waals surface area (Å²) >= 11 is 0. The predicted octanol–water partition coefficient (Wildman–Crippen LogP) is 6.08. The van der Waals surface area contributed by atoms with E-state index in [0.29, 0.717) is 24.9 Å². The summed E-state index contributed by atoms with van der Waals surface area (Å²) < 4.78 is 46.5. The standard InChI is InChI=1S/C23H32F3N5O/c1-2-3-4-5-6-7-8-10-16-12-13-17(15-18(16)23(24,25)26)20-29-21(32-30-20)19-11-9-14-31(19)22(27)28/h12-13,15,19H,2-11,14H2,1H3,(H3,27,28)/t19-/m0/s1. The molecule has 1 aliphatic heterocycles. The van der Waals surface area contributed by atoms with Gasteiger partial charge < -0.3 is 15.2 Å². The van der Waals surface area contributed by atoms with E-state index in [9.17, 15) is 13.2 Å². The van der Waals surface area contributed by atoms with Gasteiger partial charge in [0.05, 0.1) is 5.56 Å². The first-order valence-corrected chi connectivity index (χ1v) is 11.5. The molecule has 1 saturated heterocycles. The average molecular weight is 452 g/mol. The molecule has 3 rings (SSSR count). The van der Waals surface area contributed by atoms with Crippen molar-refractivity contribution < 1.29 is 17.7 Å². The van der Waals surface area contributed by atoms with Gasteiger partial charge in [0.25, 0.3) is 0 Å². The third kappa shape index (κ3) is 6.01. The van der Waals surface area contributed by atoms with E-state index in [4.69, 9.17) is 15.7 Å². The fraction of sp³-hybridized carbons (Fsp3) is 0.609. The fourth-order valence-electron chi connectivity index (χ4n) is 4.27. The molecular weight excluding hydrogens is 419 g/mol. The smallest absolute Gasteiger partial charge is 0.370 e. The zero-order valence-corrected chi connectivity index (χ0v) is 18.5. The lowest BCUT2D eigenvalue weighted by atomic mass is 9.97.